The quantitative estimate of drug-likeness (QED) is 0.657. The van der Waals surface area contributed by atoms with Gasteiger partial charge in [0.05, 0.1) is 11.0 Å². The van der Waals surface area contributed by atoms with Crippen molar-refractivity contribution >= 4 is 5.69 Å². The Hall–Kier alpha value is -1.42. The van der Waals surface area contributed by atoms with Crippen LogP contribution < -0.4 is 5.32 Å². The lowest BCUT2D eigenvalue weighted by molar-refractivity contribution is -0.712. The van der Waals surface area contributed by atoms with Crippen molar-refractivity contribution in [1.82, 2.24) is 0 Å². The van der Waals surface area contributed by atoms with Gasteiger partial charge in [0.15, 0.2) is 0 Å². The number of rotatable bonds is 4. The molecular weight excluding hydrogens is 228 g/mol. The van der Waals surface area contributed by atoms with E-state index in [1.54, 1.807) is 18.2 Å². The molecule has 0 spiro atoms. The summed E-state index contributed by atoms with van der Waals surface area (Å²) in [6.45, 7) is 3.16. The Kier molecular flexibility index (Phi) is 4.31. The highest BCUT2D eigenvalue weighted by Gasteiger charge is 2.23. The van der Waals surface area contributed by atoms with Crippen molar-refractivity contribution in [1.29, 1.82) is 0 Å². The van der Waals surface area contributed by atoms with Gasteiger partial charge in [0.2, 0.25) is 0 Å². The van der Waals surface area contributed by atoms with Crippen LogP contribution in [-0.4, -0.2) is 11.0 Å². The molecule has 1 aromatic rings. The maximum atomic E-state index is 10.7. The van der Waals surface area contributed by atoms with Crippen molar-refractivity contribution in [3.05, 3.63) is 39.9 Å². The monoisotopic (exact) mass is 249 g/mol. The van der Waals surface area contributed by atoms with Crippen LogP contribution in [-0.2, 0) is 6.54 Å². The molecular formula is C14H21N2O2+. The van der Waals surface area contributed by atoms with E-state index in [1.165, 1.54) is 25.7 Å². The van der Waals surface area contributed by atoms with E-state index in [2.05, 4.69) is 12.2 Å². The third kappa shape index (κ3) is 3.29. The highest BCUT2D eigenvalue weighted by atomic mass is 16.6. The minimum absolute atomic E-state index is 0.192. The lowest BCUT2D eigenvalue weighted by atomic mass is 9.86. The summed E-state index contributed by atoms with van der Waals surface area (Å²) in [6.07, 6.45) is 5.26. The molecule has 1 saturated carbocycles. The molecule has 0 unspecified atom stereocenters. The van der Waals surface area contributed by atoms with Crippen molar-refractivity contribution in [2.45, 2.75) is 45.2 Å². The lowest BCUT2D eigenvalue weighted by Gasteiger charge is -2.26. The van der Waals surface area contributed by atoms with Crippen LogP contribution in [0.5, 0.6) is 0 Å². The third-order valence-corrected chi connectivity index (χ3v) is 3.96. The van der Waals surface area contributed by atoms with Gasteiger partial charge in [0, 0.05) is 23.6 Å². The van der Waals surface area contributed by atoms with E-state index in [4.69, 9.17) is 0 Å². The van der Waals surface area contributed by atoms with Crippen molar-refractivity contribution < 1.29 is 10.2 Å². The maximum Gasteiger partial charge on any atom is 0.269 e. The summed E-state index contributed by atoms with van der Waals surface area (Å²) in [7, 11) is 0. The smallest absolute Gasteiger partial charge is 0.269 e. The molecule has 98 valence electrons. The van der Waals surface area contributed by atoms with Crippen LogP contribution in [0.3, 0.4) is 0 Å². The lowest BCUT2D eigenvalue weighted by Crippen LogP contribution is -2.90. The number of hydrogen-bond donors (Lipinski definition) is 1. The number of quaternary nitrogens is 1. The van der Waals surface area contributed by atoms with E-state index in [0.717, 1.165) is 18.0 Å². The first kappa shape index (κ1) is 13.0. The number of nitro groups is 1. The van der Waals surface area contributed by atoms with Gasteiger partial charge in [-0.1, -0.05) is 25.5 Å². The Balaban J connectivity index is 1.93. The normalized spacial score (nSPS) is 23.8. The van der Waals surface area contributed by atoms with Crippen molar-refractivity contribution in [3.8, 4) is 0 Å². The predicted molar refractivity (Wildman–Crippen MR) is 70.1 cm³/mol. The molecule has 4 heteroatoms. The standard InChI is InChI=1S/C14H20N2O2/c1-11-5-2-3-8-14(11)15-10-12-6-4-7-13(9-12)16(17)18/h4,6-7,9,11,14-15H,2-3,5,8,10H2,1H3/p+1/t11-,14+/m1/s1. The van der Waals surface area contributed by atoms with Gasteiger partial charge < -0.3 is 5.32 Å². The first-order chi connectivity index (χ1) is 8.66. The molecule has 2 N–H and O–H groups in total. The summed E-state index contributed by atoms with van der Waals surface area (Å²) in [5.41, 5.74) is 1.24. The highest BCUT2D eigenvalue weighted by molar-refractivity contribution is 5.33. The second-order valence-corrected chi connectivity index (χ2v) is 5.29. The minimum atomic E-state index is -0.327. The number of nitrogens with two attached hydrogens (primary N) is 1. The number of non-ortho nitro benzene ring substituents is 1. The minimum Gasteiger partial charge on any atom is -0.340 e. The molecule has 1 aliphatic rings. The van der Waals surface area contributed by atoms with Crippen LogP contribution in [0, 0.1) is 16.0 Å². The summed E-state index contributed by atoms with van der Waals surface area (Å²) in [4.78, 5) is 10.4. The second kappa shape index (κ2) is 5.96. The first-order valence-electron chi connectivity index (χ1n) is 6.73. The summed E-state index contributed by atoms with van der Waals surface area (Å²) in [5, 5.41) is 13.1. The van der Waals surface area contributed by atoms with E-state index in [-0.39, 0.29) is 10.6 Å². The summed E-state index contributed by atoms with van der Waals surface area (Å²) in [5.74, 6) is 0.762. The molecule has 0 saturated heterocycles. The van der Waals surface area contributed by atoms with Crippen LogP contribution in [0.15, 0.2) is 24.3 Å². The van der Waals surface area contributed by atoms with Gasteiger partial charge in [-0.05, 0) is 19.3 Å². The molecule has 0 aromatic heterocycles. The molecule has 0 aliphatic heterocycles. The van der Waals surface area contributed by atoms with Crippen LogP contribution >= 0.6 is 0 Å². The molecule has 2 rings (SSSR count). The van der Waals surface area contributed by atoms with Gasteiger partial charge in [-0.2, -0.15) is 0 Å². The van der Waals surface area contributed by atoms with Crippen LogP contribution in [0.2, 0.25) is 0 Å². The topological polar surface area (TPSA) is 59.8 Å². The fourth-order valence-corrected chi connectivity index (χ4v) is 2.78. The van der Waals surface area contributed by atoms with Gasteiger partial charge >= 0.3 is 0 Å². The first-order valence-corrected chi connectivity index (χ1v) is 6.73. The van der Waals surface area contributed by atoms with Crippen molar-refractivity contribution in [2.75, 3.05) is 0 Å². The molecule has 2 atom stereocenters. The van der Waals surface area contributed by atoms with Gasteiger partial charge in [-0.25, -0.2) is 0 Å². The van der Waals surface area contributed by atoms with E-state index in [9.17, 15) is 10.1 Å². The Morgan fingerprint density at radius 3 is 2.89 bits per heavy atom. The maximum absolute atomic E-state index is 10.7. The molecule has 0 heterocycles. The summed E-state index contributed by atoms with van der Waals surface area (Å²) < 4.78 is 0. The number of hydrogen-bond acceptors (Lipinski definition) is 2. The van der Waals surface area contributed by atoms with E-state index in [0.29, 0.717) is 6.04 Å². The Morgan fingerprint density at radius 1 is 1.39 bits per heavy atom. The zero-order valence-electron chi connectivity index (χ0n) is 10.8. The molecule has 0 radical (unpaired) electrons. The number of nitrogens with zero attached hydrogens (tertiary/aromatic N) is 1. The molecule has 0 bridgehead atoms. The van der Waals surface area contributed by atoms with Gasteiger partial charge in [0.25, 0.3) is 5.69 Å². The van der Waals surface area contributed by atoms with E-state index >= 15 is 0 Å². The predicted octanol–water partition coefficient (Wildman–Crippen LogP) is 2.24. The SMILES string of the molecule is C[C@@H]1CCCC[C@@H]1[NH2+]Cc1cccc([N+](=O)[O-])c1. The summed E-state index contributed by atoms with van der Waals surface area (Å²) in [6, 6.07) is 7.65. The third-order valence-electron chi connectivity index (χ3n) is 3.96. The molecule has 1 aliphatic carbocycles. The fourth-order valence-electron chi connectivity index (χ4n) is 2.78. The Morgan fingerprint density at radius 2 is 2.17 bits per heavy atom. The second-order valence-electron chi connectivity index (χ2n) is 5.29. The van der Waals surface area contributed by atoms with Gasteiger partial charge in [0.1, 0.15) is 6.54 Å². The van der Waals surface area contributed by atoms with Gasteiger partial charge in [-0.15, -0.1) is 0 Å². The molecule has 0 amide bonds. The molecule has 1 fully saturated rings. The fraction of sp³-hybridized carbons (Fsp3) is 0.571. The number of nitro benzene ring substituents is 1. The van der Waals surface area contributed by atoms with Crippen molar-refractivity contribution in [3.63, 3.8) is 0 Å². The molecule has 4 nitrogen and oxygen atoms in total. The average Bonchev–Trinajstić information content (AvgIpc) is 2.38. The zero-order valence-corrected chi connectivity index (χ0v) is 10.8. The van der Waals surface area contributed by atoms with Crippen LogP contribution in [0.1, 0.15) is 38.2 Å². The largest absolute Gasteiger partial charge is 0.340 e. The summed E-state index contributed by atoms with van der Waals surface area (Å²) >= 11 is 0. The average molecular weight is 249 g/mol. The van der Waals surface area contributed by atoms with Crippen LogP contribution in [0.25, 0.3) is 0 Å². The van der Waals surface area contributed by atoms with Crippen molar-refractivity contribution in [2.24, 2.45) is 5.92 Å². The van der Waals surface area contributed by atoms with E-state index in [1.807, 2.05) is 6.07 Å². The van der Waals surface area contributed by atoms with Gasteiger partial charge in [-0.3, -0.25) is 10.1 Å². The molecule has 1 aromatic carbocycles. The zero-order chi connectivity index (χ0) is 13.0. The Bertz CT molecular complexity index is 420. The highest BCUT2D eigenvalue weighted by Crippen LogP contribution is 2.21. The molecule has 18 heavy (non-hydrogen) atoms. The van der Waals surface area contributed by atoms with Crippen LogP contribution in [0.4, 0.5) is 5.69 Å². The van der Waals surface area contributed by atoms with E-state index < -0.39 is 0 Å². The number of benzene rings is 1. The Labute approximate surface area is 108 Å².